The van der Waals surface area contributed by atoms with E-state index in [1.807, 2.05) is 0 Å². The monoisotopic (exact) mass is 216 g/mol. The summed E-state index contributed by atoms with van der Waals surface area (Å²) in [5, 5.41) is 0. The van der Waals surface area contributed by atoms with Gasteiger partial charge in [-0.15, -0.1) is 0 Å². The van der Waals surface area contributed by atoms with E-state index in [9.17, 15) is 0 Å². The Balaban J connectivity index is 1.87. The van der Waals surface area contributed by atoms with Gasteiger partial charge in [-0.05, 0) is 43.4 Å². The summed E-state index contributed by atoms with van der Waals surface area (Å²) in [6, 6.07) is 10.2. The third-order valence-corrected chi connectivity index (χ3v) is 4.20. The van der Waals surface area contributed by atoms with E-state index in [2.05, 4.69) is 29.2 Å². The standard InChI is InChI=1S/C14H20N2/c15-10-12-5-3-9-16(12)14-8-7-11-4-1-2-6-13(11)14/h1-2,4,6,12,14H,3,5,7-10,15H2. The molecule has 86 valence electrons. The van der Waals surface area contributed by atoms with Crippen molar-refractivity contribution in [2.75, 3.05) is 13.1 Å². The molecule has 0 amide bonds. The second-order valence-electron chi connectivity index (χ2n) is 5.02. The summed E-state index contributed by atoms with van der Waals surface area (Å²) in [5.41, 5.74) is 8.98. The molecule has 1 aliphatic heterocycles. The lowest BCUT2D eigenvalue weighted by atomic mass is 10.1. The van der Waals surface area contributed by atoms with Gasteiger partial charge < -0.3 is 5.73 Å². The second kappa shape index (κ2) is 4.19. The summed E-state index contributed by atoms with van der Waals surface area (Å²) in [6.07, 6.45) is 5.14. The van der Waals surface area contributed by atoms with Crippen LogP contribution in [-0.4, -0.2) is 24.0 Å². The van der Waals surface area contributed by atoms with Gasteiger partial charge in [-0.2, -0.15) is 0 Å². The van der Waals surface area contributed by atoms with Gasteiger partial charge in [0.05, 0.1) is 0 Å². The van der Waals surface area contributed by atoms with Crippen LogP contribution in [0.15, 0.2) is 24.3 Å². The van der Waals surface area contributed by atoms with Crippen LogP contribution in [0.1, 0.15) is 36.4 Å². The van der Waals surface area contributed by atoms with Crippen LogP contribution in [0.25, 0.3) is 0 Å². The molecule has 1 heterocycles. The third-order valence-electron chi connectivity index (χ3n) is 4.20. The van der Waals surface area contributed by atoms with Crippen LogP contribution in [0.5, 0.6) is 0 Å². The van der Waals surface area contributed by atoms with Crippen molar-refractivity contribution in [2.45, 2.75) is 37.8 Å². The molecule has 1 saturated heterocycles. The molecule has 2 unspecified atom stereocenters. The van der Waals surface area contributed by atoms with Crippen molar-refractivity contribution in [3.63, 3.8) is 0 Å². The number of nitrogens with two attached hydrogens (primary N) is 1. The van der Waals surface area contributed by atoms with E-state index in [1.54, 1.807) is 11.1 Å². The molecule has 2 heteroatoms. The highest BCUT2D eigenvalue weighted by atomic mass is 15.2. The number of nitrogens with zero attached hydrogens (tertiary/aromatic N) is 1. The van der Waals surface area contributed by atoms with Gasteiger partial charge in [0.25, 0.3) is 0 Å². The second-order valence-corrected chi connectivity index (χ2v) is 5.02. The van der Waals surface area contributed by atoms with Gasteiger partial charge in [0.15, 0.2) is 0 Å². The van der Waals surface area contributed by atoms with E-state index in [1.165, 1.54) is 32.2 Å². The summed E-state index contributed by atoms with van der Waals surface area (Å²) in [5.74, 6) is 0. The number of rotatable bonds is 2. The first-order valence-electron chi connectivity index (χ1n) is 6.44. The minimum absolute atomic E-state index is 0.621. The summed E-state index contributed by atoms with van der Waals surface area (Å²) in [6.45, 7) is 2.06. The summed E-state index contributed by atoms with van der Waals surface area (Å²) in [7, 11) is 0. The smallest absolute Gasteiger partial charge is 0.0357 e. The first-order chi connectivity index (χ1) is 7.90. The Bertz CT molecular complexity index is 375. The Morgan fingerprint density at radius 2 is 2.12 bits per heavy atom. The van der Waals surface area contributed by atoms with Gasteiger partial charge in [0.1, 0.15) is 0 Å². The third kappa shape index (κ3) is 1.57. The normalized spacial score (nSPS) is 29.6. The van der Waals surface area contributed by atoms with Gasteiger partial charge >= 0.3 is 0 Å². The lowest BCUT2D eigenvalue weighted by molar-refractivity contribution is 0.183. The summed E-state index contributed by atoms with van der Waals surface area (Å²) >= 11 is 0. The van der Waals surface area contributed by atoms with Crippen molar-refractivity contribution < 1.29 is 0 Å². The van der Waals surface area contributed by atoms with Crippen molar-refractivity contribution in [1.82, 2.24) is 4.90 Å². The van der Waals surface area contributed by atoms with E-state index in [0.29, 0.717) is 12.1 Å². The largest absolute Gasteiger partial charge is 0.329 e. The molecule has 0 radical (unpaired) electrons. The molecule has 1 aliphatic carbocycles. The fourth-order valence-electron chi connectivity index (χ4n) is 3.40. The predicted molar refractivity (Wildman–Crippen MR) is 66.3 cm³/mol. The molecule has 16 heavy (non-hydrogen) atoms. The Labute approximate surface area is 97.4 Å². The van der Waals surface area contributed by atoms with Crippen molar-refractivity contribution in [1.29, 1.82) is 0 Å². The van der Waals surface area contributed by atoms with Crippen LogP contribution in [0.2, 0.25) is 0 Å². The van der Waals surface area contributed by atoms with Crippen molar-refractivity contribution in [3.05, 3.63) is 35.4 Å². The average Bonchev–Trinajstić information content (AvgIpc) is 2.94. The van der Waals surface area contributed by atoms with Crippen LogP contribution in [0.4, 0.5) is 0 Å². The molecule has 3 rings (SSSR count). The van der Waals surface area contributed by atoms with Crippen LogP contribution < -0.4 is 5.73 Å². The highest BCUT2D eigenvalue weighted by molar-refractivity contribution is 5.34. The van der Waals surface area contributed by atoms with E-state index in [4.69, 9.17) is 5.73 Å². The predicted octanol–water partition coefficient (Wildman–Crippen LogP) is 2.10. The molecule has 0 saturated carbocycles. The minimum Gasteiger partial charge on any atom is -0.329 e. The van der Waals surface area contributed by atoms with Crippen molar-refractivity contribution in [2.24, 2.45) is 5.73 Å². The number of aryl methyl sites for hydroxylation is 1. The van der Waals surface area contributed by atoms with E-state index in [0.717, 1.165) is 6.54 Å². The molecule has 1 aromatic rings. The molecule has 2 atom stereocenters. The van der Waals surface area contributed by atoms with Gasteiger partial charge in [-0.25, -0.2) is 0 Å². The first kappa shape index (κ1) is 10.3. The van der Waals surface area contributed by atoms with Crippen LogP contribution in [-0.2, 0) is 6.42 Å². The maximum Gasteiger partial charge on any atom is 0.0357 e. The van der Waals surface area contributed by atoms with Gasteiger partial charge in [-0.1, -0.05) is 24.3 Å². The lowest BCUT2D eigenvalue weighted by Crippen LogP contribution is -2.37. The Morgan fingerprint density at radius 1 is 1.25 bits per heavy atom. The van der Waals surface area contributed by atoms with E-state index < -0.39 is 0 Å². The quantitative estimate of drug-likeness (QED) is 0.820. The molecule has 2 N–H and O–H groups in total. The summed E-state index contributed by atoms with van der Waals surface area (Å²) in [4.78, 5) is 2.64. The average molecular weight is 216 g/mol. The molecule has 2 nitrogen and oxygen atoms in total. The van der Waals surface area contributed by atoms with Gasteiger partial charge in [-0.3, -0.25) is 4.90 Å². The highest BCUT2D eigenvalue weighted by Crippen LogP contribution is 2.39. The Morgan fingerprint density at radius 3 is 3.00 bits per heavy atom. The molecular formula is C14H20N2. The number of benzene rings is 1. The van der Waals surface area contributed by atoms with Crippen molar-refractivity contribution >= 4 is 0 Å². The molecule has 1 fully saturated rings. The molecule has 1 aromatic carbocycles. The van der Waals surface area contributed by atoms with E-state index in [-0.39, 0.29) is 0 Å². The van der Waals surface area contributed by atoms with Crippen LogP contribution in [0.3, 0.4) is 0 Å². The van der Waals surface area contributed by atoms with Crippen LogP contribution in [0, 0.1) is 0 Å². The zero-order valence-corrected chi connectivity index (χ0v) is 9.73. The minimum atomic E-state index is 0.621. The maximum absolute atomic E-state index is 5.87. The van der Waals surface area contributed by atoms with Gasteiger partial charge in [0, 0.05) is 18.6 Å². The Kier molecular flexibility index (Phi) is 2.70. The highest BCUT2D eigenvalue weighted by Gasteiger charge is 2.34. The zero-order chi connectivity index (χ0) is 11.0. The molecule has 2 aliphatic rings. The van der Waals surface area contributed by atoms with Gasteiger partial charge in [0.2, 0.25) is 0 Å². The zero-order valence-electron chi connectivity index (χ0n) is 9.73. The van der Waals surface area contributed by atoms with Crippen LogP contribution >= 0.6 is 0 Å². The van der Waals surface area contributed by atoms with Crippen molar-refractivity contribution in [3.8, 4) is 0 Å². The van der Waals surface area contributed by atoms with E-state index >= 15 is 0 Å². The summed E-state index contributed by atoms with van der Waals surface area (Å²) < 4.78 is 0. The molecule has 0 spiro atoms. The maximum atomic E-state index is 5.87. The molecule has 0 bridgehead atoms. The topological polar surface area (TPSA) is 29.3 Å². The SMILES string of the molecule is NCC1CCCN1C1CCc2ccccc21. The number of hydrogen-bond acceptors (Lipinski definition) is 2. The fraction of sp³-hybridized carbons (Fsp3) is 0.571. The Hall–Kier alpha value is -0.860. The molecule has 0 aromatic heterocycles. The molecular weight excluding hydrogens is 196 g/mol. The first-order valence-corrected chi connectivity index (χ1v) is 6.44. The lowest BCUT2D eigenvalue weighted by Gasteiger charge is -2.30. The number of hydrogen-bond donors (Lipinski definition) is 1. The fourth-order valence-corrected chi connectivity index (χ4v) is 3.40. The number of fused-ring (bicyclic) bond motifs is 1. The number of likely N-dealkylation sites (tertiary alicyclic amines) is 1.